The number of benzene rings is 1. The van der Waals surface area contributed by atoms with Crippen LogP contribution in [0.2, 0.25) is 0 Å². The summed E-state index contributed by atoms with van der Waals surface area (Å²) in [5.74, 6) is -0.304. The Labute approximate surface area is 137 Å². The molecule has 0 unspecified atom stereocenters. The van der Waals surface area contributed by atoms with Gasteiger partial charge in [-0.1, -0.05) is 39.2 Å². The van der Waals surface area contributed by atoms with Crippen molar-refractivity contribution in [3.8, 4) is 0 Å². The molecule has 0 N–H and O–H groups in total. The predicted molar refractivity (Wildman–Crippen MR) is 88.1 cm³/mol. The van der Waals surface area contributed by atoms with Gasteiger partial charge < -0.3 is 0 Å². The topological polar surface area (TPSA) is 37.4 Å². The Morgan fingerprint density at radius 3 is 1.91 bits per heavy atom. The van der Waals surface area contributed by atoms with Gasteiger partial charge in [0.1, 0.15) is 0 Å². The second kappa shape index (κ2) is 4.66. The molecule has 3 nitrogen and oxygen atoms in total. The number of carbonyl (C=O) groups excluding carboxylic acids is 2. The fraction of sp³-hybridized carbons (Fsp3) is 0.333. The van der Waals surface area contributed by atoms with Crippen LogP contribution in [0, 0.1) is 23.7 Å². The molecule has 3 aliphatic rings. The molecule has 2 bridgehead atoms. The summed E-state index contributed by atoms with van der Waals surface area (Å²) in [6, 6.07) is 7.35. The second-order valence-corrected chi connectivity index (χ2v) is 7.35. The number of nitrogens with zero attached hydrogens (tertiary/aromatic N) is 1. The van der Waals surface area contributed by atoms with E-state index in [-0.39, 0.29) is 35.5 Å². The Bertz CT molecular complexity index is 709. The minimum atomic E-state index is -0.212. The lowest BCUT2D eigenvalue weighted by Gasteiger charge is -2.19. The first kappa shape index (κ1) is 13.9. The van der Waals surface area contributed by atoms with Gasteiger partial charge >= 0.3 is 0 Å². The highest BCUT2D eigenvalue weighted by molar-refractivity contribution is 9.10. The maximum absolute atomic E-state index is 12.9. The van der Waals surface area contributed by atoms with Crippen molar-refractivity contribution >= 4 is 33.4 Å². The van der Waals surface area contributed by atoms with Crippen LogP contribution in [0.15, 0.2) is 52.0 Å². The third-order valence-corrected chi connectivity index (χ3v) is 5.61. The molecule has 1 aliphatic heterocycles. The summed E-state index contributed by atoms with van der Waals surface area (Å²) in [4.78, 5) is 27.1. The molecule has 4 rings (SSSR count). The molecule has 22 heavy (non-hydrogen) atoms. The molecule has 0 radical (unpaired) electrons. The molecule has 1 saturated heterocycles. The summed E-state index contributed by atoms with van der Waals surface area (Å²) in [7, 11) is 0. The molecule has 1 heterocycles. The van der Waals surface area contributed by atoms with Crippen LogP contribution in [0.25, 0.3) is 0 Å². The zero-order valence-corrected chi connectivity index (χ0v) is 14.0. The Kier molecular flexibility index (Phi) is 2.95. The van der Waals surface area contributed by atoms with Crippen molar-refractivity contribution < 1.29 is 9.59 Å². The van der Waals surface area contributed by atoms with Gasteiger partial charge in [0.25, 0.3) is 0 Å². The van der Waals surface area contributed by atoms with E-state index >= 15 is 0 Å². The smallest absolute Gasteiger partial charge is 0.238 e. The van der Waals surface area contributed by atoms with Crippen LogP contribution in [0.4, 0.5) is 5.69 Å². The first-order valence-corrected chi connectivity index (χ1v) is 8.29. The molecule has 0 spiro atoms. The second-order valence-electron chi connectivity index (χ2n) is 6.43. The molecule has 4 atom stereocenters. The number of imide groups is 1. The van der Waals surface area contributed by atoms with Crippen molar-refractivity contribution in [3.05, 3.63) is 52.0 Å². The Morgan fingerprint density at radius 1 is 0.955 bits per heavy atom. The molecular formula is C18H16BrNO2. The first-order valence-electron chi connectivity index (χ1n) is 7.49. The van der Waals surface area contributed by atoms with Gasteiger partial charge in [-0.25, -0.2) is 4.90 Å². The monoisotopic (exact) mass is 357 g/mol. The third-order valence-electron chi connectivity index (χ3n) is 5.08. The van der Waals surface area contributed by atoms with E-state index in [4.69, 9.17) is 0 Å². The van der Waals surface area contributed by atoms with Gasteiger partial charge in [-0.2, -0.15) is 0 Å². The van der Waals surface area contributed by atoms with E-state index in [0.29, 0.717) is 5.69 Å². The summed E-state index contributed by atoms with van der Waals surface area (Å²) < 4.78 is 0.934. The van der Waals surface area contributed by atoms with E-state index in [0.717, 1.165) is 4.47 Å². The van der Waals surface area contributed by atoms with Gasteiger partial charge in [-0.15, -0.1) is 0 Å². The van der Waals surface area contributed by atoms with E-state index in [1.165, 1.54) is 16.0 Å². The lowest BCUT2D eigenvalue weighted by Crippen LogP contribution is -2.33. The predicted octanol–water partition coefficient (Wildman–Crippen LogP) is 3.71. The van der Waals surface area contributed by atoms with Crippen LogP contribution in [-0.4, -0.2) is 11.8 Å². The number of carbonyl (C=O) groups is 2. The van der Waals surface area contributed by atoms with Crippen molar-refractivity contribution in [1.82, 2.24) is 0 Å². The van der Waals surface area contributed by atoms with E-state index in [1.807, 2.05) is 24.3 Å². The Morgan fingerprint density at radius 2 is 1.45 bits per heavy atom. The fourth-order valence-corrected chi connectivity index (χ4v) is 4.54. The van der Waals surface area contributed by atoms with Crippen LogP contribution in [0.1, 0.15) is 13.8 Å². The minimum Gasteiger partial charge on any atom is -0.274 e. The van der Waals surface area contributed by atoms with E-state index in [9.17, 15) is 9.59 Å². The average molecular weight is 358 g/mol. The van der Waals surface area contributed by atoms with Crippen LogP contribution in [0.3, 0.4) is 0 Å². The number of anilines is 1. The summed E-state index contributed by atoms with van der Waals surface area (Å²) >= 11 is 3.38. The van der Waals surface area contributed by atoms with Crippen LogP contribution in [-0.2, 0) is 9.59 Å². The summed E-state index contributed by atoms with van der Waals surface area (Å²) in [6.45, 7) is 4.15. The lowest BCUT2D eigenvalue weighted by molar-refractivity contribution is -0.122. The number of amides is 2. The molecule has 0 aromatic heterocycles. The van der Waals surface area contributed by atoms with Gasteiger partial charge in [-0.3, -0.25) is 9.59 Å². The van der Waals surface area contributed by atoms with Crippen molar-refractivity contribution in [2.45, 2.75) is 13.8 Å². The summed E-state index contributed by atoms with van der Waals surface area (Å²) in [5, 5.41) is 0. The quantitative estimate of drug-likeness (QED) is 0.567. The first-order chi connectivity index (χ1) is 10.5. The van der Waals surface area contributed by atoms with Crippen LogP contribution in [0.5, 0.6) is 0 Å². The highest BCUT2D eigenvalue weighted by atomic mass is 79.9. The van der Waals surface area contributed by atoms with Crippen molar-refractivity contribution in [2.75, 3.05) is 4.90 Å². The largest absolute Gasteiger partial charge is 0.274 e. The number of hydrogen-bond acceptors (Lipinski definition) is 2. The van der Waals surface area contributed by atoms with Gasteiger partial charge in [0.15, 0.2) is 0 Å². The number of rotatable bonds is 1. The Balaban J connectivity index is 1.76. The number of allylic oxidation sites excluding steroid dienone is 4. The van der Waals surface area contributed by atoms with E-state index in [1.54, 1.807) is 0 Å². The molecule has 112 valence electrons. The molecular weight excluding hydrogens is 342 g/mol. The highest BCUT2D eigenvalue weighted by Gasteiger charge is 2.61. The van der Waals surface area contributed by atoms with E-state index in [2.05, 4.69) is 41.9 Å². The van der Waals surface area contributed by atoms with Crippen molar-refractivity contribution in [3.63, 3.8) is 0 Å². The van der Waals surface area contributed by atoms with Crippen molar-refractivity contribution in [2.24, 2.45) is 23.7 Å². The van der Waals surface area contributed by atoms with Gasteiger partial charge in [0.2, 0.25) is 11.8 Å². The highest BCUT2D eigenvalue weighted by Crippen LogP contribution is 2.57. The standard InChI is InChI=1S/C18H16BrNO2/c1-9(2)14-12-7-8-13(14)16-15(12)17(21)20(18(16)22)11-5-3-10(19)4-6-11/h3-8,12-13,15-16H,1-2H3/t12-,13-,15+,16+/m1/s1. The van der Waals surface area contributed by atoms with Crippen molar-refractivity contribution in [1.29, 1.82) is 0 Å². The zero-order valence-electron chi connectivity index (χ0n) is 12.4. The summed E-state index contributed by atoms with van der Waals surface area (Å²) in [5.41, 5.74) is 3.20. The molecule has 2 aliphatic carbocycles. The number of fused-ring (bicyclic) bond motifs is 5. The Hall–Kier alpha value is -1.68. The molecule has 2 fully saturated rings. The van der Waals surface area contributed by atoms with Gasteiger partial charge in [-0.05, 0) is 38.1 Å². The zero-order chi connectivity index (χ0) is 15.6. The molecule has 4 heteroatoms. The maximum atomic E-state index is 12.9. The van der Waals surface area contributed by atoms with Crippen LogP contribution >= 0.6 is 15.9 Å². The normalized spacial score (nSPS) is 32.1. The number of hydrogen-bond donors (Lipinski definition) is 0. The summed E-state index contributed by atoms with van der Waals surface area (Å²) in [6.07, 6.45) is 4.23. The van der Waals surface area contributed by atoms with E-state index < -0.39 is 0 Å². The lowest BCUT2D eigenvalue weighted by atomic mass is 9.85. The maximum Gasteiger partial charge on any atom is 0.238 e. The van der Waals surface area contributed by atoms with Gasteiger partial charge in [0, 0.05) is 16.3 Å². The fourth-order valence-electron chi connectivity index (χ4n) is 4.27. The van der Waals surface area contributed by atoms with Gasteiger partial charge in [0.05, 0.1) is 17.5 Å². The SMILES string of the molecule is CC(C)=C1[C@H]2C=C[C@H]1[C@@H]1C(=O)N(c3ccc(Br)cc3)C(=O)[C@H]12. The average Bonchev–Trinajstić information content (AvgIpc) is 3.11. The molecule has 1 saturated carbocycles. The molecule has 2 amide bonds. The molecule has 1 aromatic carbocycles. The molecule has 1 aromatic rings. The minimum absolute atomic E-state index is 0.0482. The number of halogens is 1. The third kappa shape index (κ3) is 1.67. The van der Waals surface area contributed by atoms with Crippen LogP contribution < -0.4 is 4.90 Å².